The fraction of sp³-hybridized carbons (Fsp3) is 0.588. The first-order valence-electron chi connectivity index (χ1n) is 8.23. The van der Waals surface area contributed by atoms with Gasteiger partial charge in [0.2, 0.25) is 5.91 Å². The number of hydrogen-bond acceptors (Lipinski definition) is 4. The minimum Gasteiger partial charge on any atom is -0.354 e. The number of nitrogens with two attached hydrogens (primary N) is 1. The standard InChI is InChI=1S/C17H28N4O.3ClH/c1-2-20-11-13-21(14-12-20)10-6-9-19-17(22)16(18)15-7-4-3-5-8-15;;;/h3-5,7-8,16H,2,6,9-14,18H2,1H3,(H,19,22);3*1H. The molecule has 5 nitrogen and oxygen atoms in total. The Morgan fingerprint density at radius 1 is 1.08 bits per heavy atom. The second kappa shape index (κ2) is 14.6. The fourth-order valence-electron chi connectivity index (χ4n) is 2.77. The van der Waals surface area contributed by atoms with Gasteiger partial charge in [0, 0.05) is 32.7 Å². The first-order valence-corrected chi connectivity index (χ1v) is 8.23. The van der Waals surface area contributed by atoms with Crippen LogP contribution < -0.4 is 11.1 Å². The lowest BCUT2D eigenvalue weighted by Crippen LogP contribution is -2.46. The van der Waals surface area contributed by atoms with Crippen LogP contribution in [-0.4, -0.2) is 61.5 Å². The molecule has 1 aliphatic heterocycles. The normalized spacial score (nSPS) is 15.9. The zero-order valence-electron chi connectivity index (χ0n) is 14.7. The SMILES string of the molecule is CCN1CCN(CCCNC(=O)C(N)c2ccccc2)CC1.Cl.Cl.Cl. The quantitative estimate of drug-likeness (QED) is 0.672. The second-order valence-corrected chi connectivity index (χ2v) is 5.81. The lowest BCUT2D eigenvalue weighted by atomic mass is 10.1. The molecule has 1 amide bonds. The van der Waals surface area contributed by atoms with Gasteiger partial charge in [0.15, 0.2) is 0 Å². The Labute approximate surface area is 169 Å². The number of halogens is 3. The molecule has 0 aliphatic carbocycles. The number of rotatable bonds is 7. The number of piperazine rings is 1. The number of benzene rings is 1. The Morgan fingerprint density at radius 2 is 1.64 bits per heavy atom. The molecule has 1 heterocycles. The number of nitrogens with zero attached hydrogens (tertiary/aromatic N) is 2. The summed E-state index contributed by atoms with van der Waals surface area (Å²) in [6, 6.07) is 8.92. The van der Waals surface area contributed by atoms with Gasteiger partial charge in [0.25, 0.3) is 0 Å². The second-order valence-electron chi connectivity index (χ2n) is 5.81. The molecule has 8 heteroatoms. The van der Waals surface area contributed by atoms with Gasteiger partial charge in [-0.3, -0.25) is 4.79 Å². The van der Waals surface area contributed by atoms with Crippen molar-refractivity contribution in [3.05, 3.63) is 35.9 Å². The van der Waals surface area contributed by atoms with Crippen LogP contribution in [0.5, 0.6) is 0 Å². The van der Waals surface area contributed by atoms with Crippen LogP contribution in [0, 0.1) is 0 Å². The lowest BCUT2D eigenvalue weighted by Gasteiger charge is -2.34. The molecule has 1 saturated heterocycles. The predicted molar refractivity (Wildman–Crippen MR) is 111 cm³/mol. The maximum absolute atomic E-state index is 12.0. The highest BCUT2D eigenvalue weighted by molar-refractivity contribution is 5.86. The van der Waals surface area contributed by atoms with Crippen molar-refractivity contribution in [3.8, 4) is 0 Å². The van der Waals surface area contributed by atoms with Gasteiger partial charge in [-0.05, 0) is 25.1 Å². The Bertz CT molecular complexity index is 456. The largest absolute Gasteiger partial charge is 0.354 e. The average Bonchev–Trinajstić information content (AvgIpc) is 2.59. The van der Waals surface area contributed by atoms with E-state index in [0.29, 0.717) is 6.54 Å². The minimum absolute atomic E-state index is 0. The lowest BCUT2D eigenvalue weighted by molar-refractivity contribution is -0.122. The molecule has 3 N–H and O–H groups in total. The summed E-state index contributed by atoms with van der Waals surface area (Å²) in [5, 5.41) is 2.94. The molecule has 0 radical (unpaired) electrons. The van der Waals surface area contributed by atoms with Crippen LogP contribution in [-0.2, 0) is 4.79 Å². The van der Waals surface area contributed by atoms with Crippen LogP contribution in [0.4, 0.5) is 0 Å². The molecule has 2 rings (SSSR count). The summed E-state index contributed by atoms with van der Waals surface area (Å²) in [6.45, 7) is 9.65. The van der Waals surface area contributed by atoms with E-state index in [0.717, 1.165) is 51.3 Å². The molecule has 25 heavy (non-hydrogen) atoms. The molecule has 0 bridgehead atoms. The smallest absolute Gasteiger partial charge is 0.241 e. The minimum atomic E-state index is -0.575. The number of carbonyl (C=O) groups excluding carboxylic acids is 1. The van der Waals surface area contributed by atoms with Gasteiger partial charge in [-0.15, -0.1) is 37.2 Å². The summed E-state index contributed by atoms with van der Waals surface area (Å²) in [5.74, 6) is -0.0954. The van der Waals surface area contributed by atoms with Gasteiger partial charge in [-0.25, -0.2) is 0 Å². The third-order valence-electron chi connectivity index (χ3n) is 4.30. The van der Waals surface area contributed by atoms with Gasteiger partial charge in [0.1, 0.15) is 6.04 Å². The molecule has 1 aromatic carbocycles. The summed E-state index contributed by atoms with van der Waals surface area (Å²) < 4.78 is 0. The molecule has 1 atom stereocenters. The van der Waals surface area contributed by atoms with Crippen LogP contribution in [0.2, 0.25) is 0 Å². The molecular formula is C17H31Cl3N4O. The van der Waals surface area contributed by atoms with Crippen LogP contribution in [0.1, 0.15) is 24.9 Å². The molecule has 0 saturated carbocycles. The van der Waals surface area contributed by atoms with E-state index >= 15 is 0 Å². The Kier molecular flexibility index (Phi) is 15.6. The first-order chi connectivity index (χ1) is 10.7. The van der Waals surface area contributed by atoms with E-state index in [1.54, 1.807) is 0 Å². The highest BCUT2D eigenvalue weighted by atomic mass is 35.5. The van der Waals surface area contributed by atoms with Crippen molar-refractivity contribution in [2.24, 2.45) is 5.73 Å². The van der Waals surface area contributed by atoms with Crippen molar-refractivity contribution < 1.29 is 4.79 Å². The van der Waals surface area contributed by atoms with Crippen molar-refractivity contribution in [2.75, 3.05) is 45.8 Å². The fourth-order valence-corrected chi connectivity index (χ4v) is 2.77. The van der Waals surface area contributed by atoms with E-state index in [1.165, 1.54) is 0 Å². The van der Waals surface area contributed by atoms with Crippen molar-refractivity contribution >= 4 is 43.1 Å². The molecule has 0 spiro atoms. The van der Waals surface area contributed by atoms with Gasteiger partial charge in [-0.1, -0.05) is 37.3 Å². The summed E-state index contributed by atoms with van der Waals surface area (Å²) in [5.41, 5.74) is 6.82. The Morgan fingerprint density at radius 3 is 2.20 bits per heavy atom. The summed E-state index contributed by atoms with van der Waals surface area (Å²) in [7, 11) is 0. The van der Waals surface area contributed by atoms with Crippen LogP contribution in [0.15, 0.2) is 30.3 Å². The maximum Gasteiger partial charge on any atom is 0.241 e. The summed E-state index contributed by atoms with van der Waals surface area (Å²) in [6.07, 6.45) is 0.972. The van der Waals surface area contributed by atoms with E-state index in [2.05, 4.69) is 22.0 Å². The summed E-state index contributed by atoms with van der Waals surface area (Å²) >= 11 is 0. The molecule has 1 unspecified atom stereocenters. The third kappa shape index (κ3) is 9.08. The highest BCUT2D eigenvalue weighted by Gasteiger charge is 2.16. The van der Waals surface area contributed by atoms with Crippen molar-refractivity contribution in [1.82, 2.24) is 15.1 Å². The molecule has 1 aliphatic rings. The maximum atomic E-state index is 12.0. The highest BCUT2D eigenvalue weighted by Crippen LogP contribution is 2.09. The first kappa shape index (κ1) is 26.7. The van der Waals surface area contributed by atoms with Crippen molar-refractivity contribution in [3.63, 3.8) is 0 Å². The number of amides is 1. The predicted octanol–water partition coefficient (Wildman–Crippen LogP) is 2.10. The Balaban J connectivity index is 0. The van der Waals surface area contributed by atoms with E-state index in [4.69, 9.17) is 5.73 Å². The van der Waals surface area contributed by atoms with E-state index in [9.17, 15) is 4.79 Å². The molecule has 0 aromatic heterocycles. The Hall–Kier alpha value is -0.560. The molecule has 1 aromatic rings. The number of hydrogen-bond donors (Lipinski definition) is 2. The number of likely N-dealkylation sites (N-methyl/N-ethyl adjacent to an activating group) is 1. The van der Waals surface area contributed by atoms with Gasteiger partial charge in [-0.2, -0.15) is 0 Å². The van der Waals surface area contributed by atoms with Gasteiger partial charge >= 0.3 is 0 Å². The van der Waals surface area contributed by atoms with Crippen LogP contribution >= 0.6 is 37.2 Å². The third-order valence-corrected chi connectivity index (χ3v) is 4.30. The molecule has 146 valence electrons. The zero-order valence-corrected chi connectivity index (χ0v) is 17.2. The van der Waals surface area contributed by atoms with Crippen LogP contribution in [0.25, 0.3) is 0 Å². The van der Waals surface area contributed by atoms with E-state index in [1.807, 2.05) is 30.3 Å². The zero-order chi connectivity index (χ0) is 15.8. The average molecular weight is 414 g/mol. The van der Waals surface area contributed by atoms with Gasteiger partial charge in [0.05, 0.1) is 0 Å². The number of carbonyl (C=O) groups is 1. The van der Waals surface area contributed by atoms with Gasteiger partial charge < -0.3 is 20.9 Å². The monoisotopic (exact) mass is 412 g/mol. The van der Waals surface area contributed by atoms with E-state index in [-0.39, 0.29) is 43.1 Å². The molecule has 1 fully saturated rings. The molecular weight excluding hydrogens is 383 g/mol. The topological polar surface area (TPSA) is 61.6 Å². The van der Waals surface area contributed by atoms with Crippen molar-refractivity contribution in [2.45, 2.75) is 19.4 Å². The van der Waals surface area contributed by atoms with E-state index < -0.39 is 6.04 Å². The number of nitrogens with one attached hydrogen (secondary N) is 1. The van der Waals surface area contributed by atoms with Crippen molar-refractivity contribution in [1.29, 1.82) is 0 Å². The summed E-state index contributed by atoms with van der Waals surface area (Å²) in [4.78, 5) is 17.0. The van der Waals surface area contributed by atoms with Crippen LogP contribution in [0.3, 0.4) is 0 Å².